The highest BCUT2D eigenvalue weighted by Crippen LogP contribution is 2.40. The molecule has 0 N–H and O–H groups in total. The van der Waals surface area contributed by atoms with E-state index in [1.807, 2.05) is 24.5 Å². The highest BCUT2D eigenvalue weighted by atomic mass is 15.1. The fraction of sp³-hybridized carbons (Fsp3) is 0. The fourth-order valence-corrected chi connectivity index (χ4v) is 5.45. The van der Waals surface area contributed by atoms with Crippen LogP contribution in [-0.4, -0.2) is 23.9 Å². The van der Waals surface area contributed by atoms with Crippen LogP contribution in [0.5, 0.6) is 0 Å². The molecule has 8 rings (SSSR count). The topological polar surface area (TPSA) is 48.0 Å². The van der Waals surface area contributed by atoms with Crippen molar-refractivity contribution in [2.24, 2.45) is 0 Å². The average molecular weight is 435 g/mol. The van der Waals surface area contributed by atoms with Gasteiger partial charge in [0, 0.05) is 45.0 Å². The maximum Gasteiger partial charge on any atom is 0.147 e. The van der Waals surface area contributed by atoms with Gasteiger partial charge in [-0.15, -0.1) is 0 Å². The number of rotatable bonds is 1. The number of imidazole rings is 1. The Kier molecular flexibility index (Phi) is 3.34. The van der Waals surface area contributed by atoms with Crippen LogP contribution < -0.4 is 0 Å². The van der Waals surface area contributed by atoms with Crippen molar-refractivity contribution in [3.05, 3.63) is 104 Å². The summed E-state index contributed by atoms with van der Waals surface area (Å²) in [6, 6.07) is 29.8. The second-order valence-electron chi connectivity index (χ2n) is 8.58. The molecule has 0 saturated carbocycles. The van der Waals surface area contributed by atoms with Crippen molar-refractivity contribution in [2.75, 3.05) is 0 Å². The molecule has 0 aliphatic carbocycles. The number of pyridine rings is 3. The highest BCUT2D eigenvalue weighted by Gasteiger charge is 2.20. The van der Waals surface area contributed by atoms with Crippen molar-refractivity contribution in [3.63, 3.8) is 0 Å². The summed E-state index contributed by atoms with van der Waals surface area (Å²) < 4.78 is 4.52. The van der Waals surface area contributed by atoms with E-state index in [4.69, 9.17) is 9.97 Å². The lowest BCUT2D eigenvalue weighted by molar-refractivity contribution is 1.18. The molecule has 0 saturated heterocycles. The minimum Gasteiger partial charge on any atom is -0.309 e. The molecule has 5 aromatic heterocycles. The number of hydrogen-bond donors (Lipinski definition) is 0. The van der Waals surface area contributed by atoms with Crippen LogP contribution in [0.1, 0.15) is 0 Å². The summed E-state index contributed by atoms with van der Waals surface area (Å²) in [6.07, 6.45) is 5.51. The number of aromatic nitrogens is 5. The average Bonchev–Trinajstić information content (AvgIpc) is 3.46. The van der Waals surface area contributed by atoms with Crippen LogP contribution in [0.2, 0.25) is 0 Å². The molecule has 0 radical (unpaired) electrons. The van der Waals surface area contributed by atoms with Crippen LogP contribution in [0.3, 0.4) is 0 Å². The molecule has 5 heteroatoms. The van der Waals surface area contributed by atoms with E-state index in [0.717, 1.165) is 44.2 Å². The van der Waals surface area contributed by atoms with E-state index in [1.54, 1.807) is 6.20 Å². The van der Waals surface area contributed by atoms with E-state index >= 15 is 0 Å². The van der Waals surface area contributed by atoms with Gasteiger partial charge in [0.1, 0.15) is 11.3 Å². The van der Waals surface area contributed by atoms with Gasteiger partial charge in [-0.3, -0.25) is 9.38 Å². The normalized spacial score (nSPS) is 12.1. The van der Waals surface area contributed by atoms with Crippen LogP contribution in [-0.2, 0) is 0 Å². The monoisotopic (exact) mass is 435 g/mol. The fourth-order valence-electron chi connectivity index (χ4n) is 5.45. The molecular weight excluding hydrogens is 418 g/mol. The predicted octanol–water partition coefficient (Wildman–Crippen LogP) is 6.68. The van der Waals surface area contributed by atoms with Crippen LogP contribution in [0.25, 0.3) is 66.0 Å². The molecule has 34 heavy (non-hydrogen) atoms. The van der Waals surface area contributed by atoms with Gasteiger partial charge >= 0.3 is 0 Å². The number of hydrogen-bond acceptors (Lipinski definition) is 3. The van der Waals surface area contributed by atoms with Crippen molar-refractivity contribution in [2.45, 2.75) is 0 Å². The molecule has 3 aromatic carbocycles. The van der Waals surface area contributed by atoms with Gasteiger partial charge in [0.25, 0.3) is 0 Å². The number of nitrogens with zero attached hydrogens (tertiary/aromatic N) is 5. The SMILES string of the molecule is c1ccc(-n2c3ccccc3c3ccc4c(c5cccnc5n5c6cnccc6nc45)c32)cc1. The summed E-state index contributed by atoms with van der Waals surface area (Å²) in [5.74, 6) is 0. The maximum atomic E-state index is 5.03. The molecule has 0 aliphatic heterocycles. The molecule has 0 amide bonds. The van der Waals surface area contributed by atoms with Gasteiger partial charge in [0.05, 0.1) is 28.3 Å². The van der Waals surface area contributed by atoms with E-state index in [-0.39, 0.29) is 0 Å². The predicted molar refractivity (Wildman–Crippen MR) is 138 cm³/mol. The molecule has 0 fully saturated rings. The zero-order chi connectivity index (χ0) is 22.2. The summed E-state index contributed by atoms with van der Waals surface area (Å²) in [6.45, 7) is 0. The molecule has 0 atom stereocenters. The Balaban J connectivity index is 1.73. The summed E-state index contributed by atoms with van der Waals surface area (Å²) in [5, 5.41) is 5.82. The van der Waals surface area contributed by atoms with Crippen LogP contribution in [0.15, 0.2) is 104 Å². The van der Waals surface area contributed by atoms with E-state index in [1.165, 1.54) is 21.8 Å². The van der Waals surface area contributed by atoms with Crippen molar-refractivity contribution in [1.82, 2.24) is 23.9 Å². The quantitative estimate of drug-likeness (QED) is 0.270. The van der Waals surface area contributed by atoms with Gasteiger partial charge in [-0.2, -0.15) is 0 Å². The Morgan fingerprint density at radius 3 is 2.32 bits per heavy atom. The zero-order valence-corrected chi connectivity index (χ0v) is 18.1. The Bertz CT molecular complexity index is 2070. The smallest absolute Gasteiger partial charge is 0.147 e. The molecule has 158 valence electrons. The number of fused-ring (bicyclic) bond motifs is 12. The van der Waals surface area contributed by atoms with E-state index in [2.05, 4.69) is 86.7 Å². The van der Waals surface area contributed by atoms with Crippen molar-refractivity contribution in [3.8, 4) is 5.69 Å². The largest absolute Gasteiger partial charge is 0.309 e. The second kappa shape index (κ2) is 6.39. The van der Waals surface area contributed by atoms with Gasteiger partial charge in [-0.05, 0) is 42.5 Å². The third-order valence-electron chi connectivity index (χ3n) is 6.82. The van der Waals surface area contributed by atoms with E-state index < -0.39 is 0 Å². The summed E-state index contributed by atoms with van der Waals surface area (Å²) >= 11 is 0. The second-order valence-corrected chi connectivity index (χ2v) is 8.58. The molecule has 0 bridgehead atoms. The van der Waals surface area contributed by atoms with Crippen LogP contribution in [0.4, 0.5) is 0 Å². The van der Waals surface area contributed by atoms with Gasteiger partial charge in [0.15, 0.2) is 0 Å². The molecule has 0 aliphatic rings. The first-order valence-corrected chi connectivity index (χ1v) is 11.3. The van der Waals surface area contributed by atoms with Crippen molar-refractivity contribution >= 4 is 60.3 Å². The first-order valence-electron chi connectivity index (χ1n) is 11.3. The van der Waals surface area contributed by atoms with Crippen LogP contribution >= 0.6 is 0 Å². The van der Waals surface area contributed by atoms with Gasteiger partial charge in [0.2, 0.25) is 0 Å². The summed E-state index contributed by atoms with van der Waals surface area (Å²) in [5.41, 5.74) is 7.16. The third kappa shape index (κ3) is 2.16. The minimum atomic E-state index is 0.887. The molecule has 8 aromatic rings. The third-order valence-corrected chi connectivity index (χ3v) is 6.82. The lowest BCUT2D eigenvalue weighted by atomic mass is 10.0. The maximum absolute atomic E-state index is 5.03. The molecule has 5 heterocycles. The van der Waals surface area contributed by atoms with Gasteiger partial charge in [-0.1, -0.05) is 42.5 Å². The Morgan fingerprint density at radius 2 is 1.38 bits per heavy atom. The minimum absolute atomic E-state index is 0.887. The van der Waals surface area contributed by atoms with E-state index in [0.29, 0.717) is 0 Å². The Morgan fingerprint density at radius 1 is 0.588 bits per heavy atom. The first kappa shape index (κ1) is 17.7. The Hall–Kier alpha value is -4.77. The number of para-hydroxylation sites is 2. The first-order chi connectivity index (χ1) is 16.9. The van der Waals surface area contributed by atoms with E-state index in [9.17, 15) is 0 Å². The molecule has 0 spiro atoms. The lowest BCUT2D eigenvalue weighted by Gasteiger charge is -2.13. The summed E-state index contributed by atoms with van der Waals surface area (Å²) in [7, 11) is 0. The highest BCUT2D eigenvalue weighted by molar-refractivity contribution is 6.27. The lowest BCUT2D eigenvalue weighted by Crippen LogP contribution is -1.97. The van der Waals surface area contributed by atoms with Crippen LogP contribution in [0, 0.1) is 0 Å². The van der Waals surface area contributed by atoms with Gasteiger partial charge < -0.3 is 4.57 Å². The standard InChI is InChI=1S/C29H17N5/c1-2-7-18(8-3-1)33-24-11-5-4-9-19(24)20-12-13-22-26(27(20)33)21-10-6-15-31-28(21)34-25-17-30-16-14-23(25)32-29(22)34/h1-17H. The van der Waals surface area contributed by atoms with Crippen molar-refractivity contribution in [1.29, 1.82) is 0 Å². The van der Waals surface area contributed by atoms with Crippen molar-refractivity contribution < 1.29 is 0 Å². The molecule has 0 unspecified atom stereocenters. The number of benzene rings is 3. The zero-order valence-electron chi connectivity index (χ0n) is 18.1. The molecular formula is C29H17N5. The summed E-state index contributed by atoms with van der Waals surface area (Å²) in [4.78, 5) is 14.2. The Labute approximate surface area is 193 Å². The molecule has 5 nitrogen and oxygen atoms in total. The van der Waals surface area contributed by atoms with Gasteiger partial charge in [-0.25, -0.2) is 9.97 Å².